The Hall–Kier alpha value is -3.27. The smallest absolute Gasteiger partial charge is 0.261 e. The highest BCUT2D eigenvalue weighted by Crippen LogP contribution is 2.60. The summed E-state index contributed by atoms with van der Waals surface area (Å²) in [5.74, 6) is -4.41. The molecule has 2 aromatic carbocycles. The third-order valence-corrected chi connectivity index (χ3v) is 6.65. The second-order valence-electron chi connectivity index (χ2n) is 8.99. The van der Waals surface area contributed by atoms with Crippen molar-refractivity contribution in [2.75, 3.05) is 6.61 Å². The van der Waals surface area contributed by atoms with Crippen molar-refractivity contribution in [1.82, 2.24) is 10.6 Å². The Morgan fingerprint density at radius 3 is 2.41 bits per heavy atom. The quantitative estimate of drug-likeness (QED) is 0.644. The van der Waals surface area contributed by atoms with Gasteiger partial charge in [0, 0.05) is 23.2 Å². The summed E-state index contributed by atoms with van der Waals surface area (Å²) >= 11 is 5.61. The van der Waals surface area contributed by atoms with Gasteiger partial charge >= 0.3 is 0 Å². The van der Waals surface area contributed by atoms with Gasteiger partial charge in [-0.15, -0.1) is 0 Å². The minimum atomic E-state index is -1.17. The molecule has 3 fully saturated rings. The molecule has 1 heterocycles. The first kappa shape index (κ1) is 22.5. The molecule has 3 saturated carbocycles. The second-order valence-corrected chi connectivity index (χ2v) is 9.40. The van der Waals surface area contributed by atoms with Gasteiger partial charge in [0.25, 0.3) is 11.8 Å². The molecule has 2 aromatic rings. The molecule has 7 nitrogen and oxygen atoms in total. The molecular weight excluding hydrogens is 477 g/mol. The maximum atomic E-state index is 13.5. The number of hydrogen-bond donors (Lipinski definition) is 2. The van der Waals surface area contributed by atoms with Crippen molar-refractivity contribution < 1.29 is 37.0 Å². The number of carbonyl (C=O) groups excluding carboxylic acids is 3. The Labute approximate surface area is 196 Å². The molecule has 2 bridgehead atoms. The zero-order chi connectivity index (χ0) is 24.3. The largest absolute Gasteiger partial charge is 0.484 e. The van der Waals surface area contributed by atoms with Crippen molar-refractivity contribution >= 4 is 29.2 Å². The molecule has 0 unspecified atom stereocenters. The van der Waals surface area contributed by atoms with E-state index in [-0.39, 0.29) is 41.0 Å². The molecule has 0 spiro atoms. The van der Waals surface area contributed by atoms with Crippen LogP contribution < -0.4 is 20.1 Å². The Kier molecular flexibility index (Phi) is 5.23. The molecule has 0 aromatic heterocycles. The van der Waals surface area contributed by atoms with Gasteiger partial charge in [-0.05, 0) is 37.5 Å². The van der Waals surface area contributed by atoms with E-state index >= 15 is 0 Å². The SMILES string of the molecule is O=C(COc1ccc(Cl)c(F)c1)NC12CC(NC(=O)[C@H]3CC(=O)c4cc(F)c(F)cc4O3)(C1)C2. The molecule has 1 aliphatic heterocycles. The van der Waals surface area contributed by atoms with Crippen LogP contribution in [0.5, 0.6) is 11.5 Å². The van der Waals surface area contributed by atoms with Crippen LogP contribution in [0.25, 0.3) is 0 Å². The zero-order valence-corrected chi connectivity index (χ0v) is 18.3. The number of carbonyl (C=O) groups is 3. The van der Waals surface area contributed by atoms with Gasteiger partial charge in [0.15, 0.2) is 30.1 Å². The van der Waals surface area contributed by atoms with Gasteiger partial charge in [-0.3, -0.25) is 14.4 Å². The normalized spacial score (nSPS) is 26.4. The fourth-order valence-corrected chi connectivity index (χ4v) is 5.02. The van der Waals surface area contributed by atoms with Crippen molar-refractivity contribution in [3.8, 4) is 11.5 Å². The summed E-state index contributed by atoms with van der Waals surface area (Å²) in [6.45, 7) is -0.309. The first-order chi connectivity index (χ1) is 16.1. The van der Waals surface area contributed by atoms with Gasteiger partial charge in [-0.2, -0.15) is 0 Å². The van der Waals surface area contributed by atoms with Gasteiger partial charge in [-0.25, -0.2) is 13.2 Å². The van der Waals surface area contributed by atoms with Crippen molar-refractivity contribution in [2.45, 2.75) is 42.9 Å². The Balaban J connectivity index is 1.11. The lowest BCUT2D eigenvalue weighted by Gasteiger charge is -2.70. The number of ketones is 1. The molecule has 0 saturated heterocycles. The summed E-state index contributed by atoms with van der Waals surface area (Å²) in [5, 5.41) is 5.67. The van der Waals surface area contributed by atoms with Crippen LogP contribution in [0.2, 0.25) is 5.02 Å². The van der Waals surface area contributed by atoms with Crippen LogP contribution in [0.4, 0.5) is 13.2 Å². The molecule has 11 heteroatoms. The lowest BCUT2D eigenvalue weighted by atomic mass is 9.44. The summed E-state index contributed by atoms with van der Waals surface area (Å²) in [6, 6.07) is 5.39. The first-order valence-corrected chi connectivity index (χ1v) is 10.8. The number of nitrogens with one attached hydrogen (secondary N) is 2. The van der Waals surface area contributed by atoms with Crippen molar-refractivity contribution in [2.24, 2.45) is 0 Å². The van der Waals surface area contributed by atoms with Gasteiger partial charge in [0.05, 0.1) is 17.0 Å². The maximum absolute atomic E-state index is 13.5. The third-order valence-electron chi connectivity index (χ3n) is 6.34. The molecule has 6 rings (SSSR count). The minimum absolute atomic E-state index is 0.0497. The van der Waals surface area contributed by atoms with E-state index in [0.29, 0.717) is 19.3 Å². The average molecular weight is 495 g/mol. The fourth-order valence-electron chi connectivity index (χ4n) is 4.91. The van der Waals surface area contributed by atoms with E-state index in [1.165, 1.54) is 12.1 Å². The highest BCUT2D eigenvalue weighted by molar-refractivity contribution is 6.30. The van der Waals surface area contributed by atoms with Crippen LogP contribution >= 0.6 is 11.6 Å². The number of ether oxygens (including phenoxy) is 2. The van der Waals surface area contributed by atoms with Crippen LogP contribution in [-0.2, 0) is 9.59 Å². The summed E-state index contributed by atoms with van der Waals surface area (Å²) in [5.41, 5.74) is -1.08. The van der Waals surface area contributed by atoms with Crippen molar-refractivity contribution in [1.29, 1.82) is 0 Å². The second kappa shape index (κ2) is 7.90. The van der Waals surface area contributed by atoms with Gasteiger partial charge in [0.1, 0.15) is 17.3 Å². The van der Waals surface area contributed by atoms with Crippen LogP contribution in [0, 0.1) is 17.5 Å². The van der Waals surface area contributed by atoms with E-state index in [2.05, 4.69) is 10.6 Å². The summed E-state index contributed by atoms with van der Waals surface area (Å²) in [4.78, 5) is 37.2. The van der Waals surface area contributed by atoms with Crippen LogP contribution in [0.15, 0.2) is 30.3 Å². The molecule has 4 aliphatic rings. The third kappa shape index (κ3) is 3.96. The monoisotopic (exact) mass is 494 g/mol. The molecule has 0 radical (unpaired) electrons. The molecule has 178 valence electrons. The van der Waals surface area contributed by atoms with E-state index in [1.807, 2.05) is 0 Å². The molecule has 1 atom stereocenters. The number of Topliss-reactive ketones (excluding diaryl/α,β-unsaturated/α-hetero) is 1. The fraction of sp³-hybridized carbons (Fsp3) is 0.348. The number of benzene rings is 2. The number of rotatable bonds is 6. The Morgan fingerprint density at radius 2 is 1.71 bits per heavy atom. The molecule has 3 aliphatic carbocycles. The minimum Gasteiger partial charge on any atom is -0.484 e. The van der Waals surface area contributed by atoms with Crippen molar-refractivity contribution in [3.05, 3.63) is 58.4 Å². The van der Waals surface area contributed by atoms with E-state index in [4.69, 9.17) is 21.1 Å². The first-order valence-electron chi connectivity index (χ1n) is 10.5. The lowest BCUT2D eigenvalue weighted by Crippen LogP contribution is -2.84. The predicted molar refractivity (Wildman–Crippen MR) is 112 cm³/mol. The standard InChI is InChI=1S/C23H18ClF3N2O5/c24-13-2-1-11(3-14(13)25)33-7-20(31)28-22-8-23(9-22,10-22)29-21(32)19-6-17(30)12-4-15(26)16(27)5-18(12)34-19/h1-5,19H,6-10H2,(H,28,31)(H,29,32)/t19-,22?,23?/m1/s1. The maximum Gasteiger partial charge on any atom is 0.261 e. The summed E-state index contributed by atoms with van der Waals surface area (Å²) in [6.07, 6.45) is 0.0285. The number of halogens is 4. The van der Waals surface area contributed by atoms with Gasteiger partial charge in [0.2, 0.25) is 0 Å². The molecule has 34 heavy (non-hydrogen) atoms. The van der Waals surface area contributed by atoms with Crippen LogP contribution in [0.3, 0.4) is 0 Å². The van der Waals surface area contributed by atoms with E-state index < -0.39 is 46.3 Å². The Morgan fingerprint density at radius 1 is 1.03 bits per heavy atom. The van der Waals surface area contributed by atoms with Crippen LogP contribution in [-0.4, -0.2) is 41.4 Å². The molecule has 2 N–H and O–H groups in total. The summed E-state index contributed by atoms with van der Waals surface area (Å²) in [7, 11) is 0. The highest BCUT2D eigenvalue weighted by Gasteiger charge is 2.69. The lowest BCUT2D eigenvalue weighted by molar-refractivity contribution is -0.154. The number of amides is 2. The average Bonchev–Trinajstić information content (AvgIpc) is 2.73. The van der Waals surface area contributed by atoms with E-state index in [0.717, 1.165) is 18.2 Å². The molecular formula is C23H18ClF3N2O5. The van der Waals surface area contributed by atoms with Crippen molar-refractivity contribution in [3.63, 3.8) is 0 Å². The van der Waals surface area contributed by atoms with Gasteiger partial charge < -0.3 is 20.1 Å². The highest BCUT2D eigenvalue weighted by atomic mass is 35.5. The summed E-state index contributed by atoms with van der Waals surface area (Å²) < 4.78 is 51.1. The number of hydrogen-bond acceptors (Lipinski definition) is 5. The Bertz CT molecular complexity index is 1220. The molecule has 2 amide bonds. The number of fused-ring (bicyclic) bond motifs is 1. The van der Waals surface area contributed by atoms with E-state index in [1.54, 1.807) is 0 Å². The van der Waals surface area contributed by atoms with E-state index in [9.17, 15) is 27.6 Å². The topological polar surface area (TPSA) is 93.7 Å². The van der Waals surface area contributed by atoms with Gasteiger partial charge in [-0.1, -0.05) is 11.6 Å². The predicted octanol–water partition coefficient (Wildman–Crippen LogP) is 3.08. The zero-order valence-electron chi connectivity index (χ0n) is 17.6. The van der Waals surface area contributed by atoms with Crippen LogP contribution in [0.1, 0.15) is 36.0 Å².